The Morgan fingerprint density at radius 2 is 2.25 bits per heavy atom. The van der Waals surface area contributed by atoms with E-state index in [-0.39, 0.29) is 6.10 Å². The zero-order valence-corrected chi connectivity index (χ0v) is 7.87. The quantitative estimate of drug-likeness (QED) is 0.390. The van der Waals surface area contributed by atoms with Crippen LogP contribution in [-0.4, -0.2) is 11.4 Å². The molecule has 1 aliphatic carbocycles. The number of hydrogen-bond acceptors (Lipinski definition) is 2. The Bertz CT molecular complexity index is 214. The highest BCUT2D eigenvalue weighted by molar-refractivity contribution is 5.26. The molecule has 0 aliphatic heterocycles. The van der Waals surface area contributed by atoms with E-state index in [1.54, 1.807) is 0 Å². The van der Waals surface area contributed by atoms with E-state index < -0.39 is 0 Å². The monoisotopic (exact) mass is 168 g/mol. The standard InChI is InChI=1S/C10H16O2/c1-7(2)9-5-4-8(3)10(6-9)12-11/h4,6-7,10-11H,5H2,1-3H3/t10-/m0/s1. The molecule has 1 aliphatic rings. The Balaban J connectivity index is 2.72. The van der Waals surface area contributed by atoms with Crippen LogP contribution in [0.4, 0.5) is 0 Å². The summed E-state index contributed by atoms with van der Waals surface area (Å²) in [5.41, 5.74) is 2.42. The second-order valence-corrected chi connectivity index (χ2v) is 3.57. The van der Waals surface area contributed by atoms with Gasteiger partial charge >= 0.3 is 0 Å². The van der Waals surface area contributed by atoms with Crippen LogP contribution in [0.3, 0.4) is 0 Å². The summed E-state index contributed by atoms with van der Waals surface area (Å²) in [6, 6.07) is 0. The van der Waals surface area contributed by atoms with Crippen LogP contribution >= 0.6 is 0 Å². The zero-order chi connectivity index (χ0) is 9.14. The first-order valence-corrected chi connectivity index (χ1v) is 4.32. The SMILES string of the molecule is CC1=CCC(C(C)C)=C[C@@H]1OO. The predicted molar refractivity (Wildman–Crippen MR) is 48.8 cm³/mol. The molecule has 0 saturated carbocycles. The van der Waals surface area contributed by atoms with Crippen LogP contribution in [0.2, 0.25) is 0 Å². The van der Waals surface area contributed by atoms with Gasteiger partial charge in [-0.3, -0.25) is 5.26 Å². The van der Waals surface area contributed by atoms with Gasteiger partial charge in [-0.05, 0) is 30.9 Å². The molecule has 0 spiro atoms. The topological polar surface area (TPSA) is 29.5 Å². The van der Waals surface area contributed by atoms with Gasteiger partial charge < -0.3 is 0 Å². The first-order valence-electron chi connectivity index (χ1n) is 4.32. The third-order valence-corrected chi connectivity index (χ3v) is 2.33. The van der Waals surface area contributed by atoms with Crippen molar-refractivity contribution < 1.29 is 10.1 Å². The fourth-order valence-corrected chi connectivity index (χ4v) is 1.33. The van der Waals surface area contributed by atoms with E-state index in [4.69, 9.17) is 5.26 Å². The van der Waals surface area contributed by atoms with Crippen LogP contribution in [0.25, 0.3) is 0 Å². The Morgan fingerprint density at radius 1 is 1.58 bits per heavy atom. The van der Waals surface area contributed by atoms with Crippen LogP contribution in [-0.2, 0) is 4.89 Å². The summed E-state index contributed by atoms with van der Waals surface area (Å²) < 4.78 is 0. The van der Waals surface area contributed by atoms with Gasteiger partial charge in [-0.1, -0.05) is 25.5 Å². The van der Waals surface area contributed by atoms with Crippen molar-refractivity contribution in [1.29, 1.82) is 0 Å². The highest BCUT2D eigenvalue weighted by Gasteiger charge is 2.15. The molecule has 1 N–H and O–H groups in total. The van der Waals surface area contributed by atoms with E-state index >= 15 is 0 Å². The third-order valence-electron chi connectivity index (χ3n) is 2.33. The molecule has 0 aromatic carbocycles. The maximum Gasteiger partial charge on any atom is 0.132 e. The normalized spacial score (nSPS) is 23.9. The second kappa shape index (κ2) is 3.87. The molecule has 2 nitrogen and oxygen atoms in total. The first kappa shape index (κ1) is 9.49. The van der Waals surface area contributed by atoms with E-state index in [2.05, 4.69) is 24.8 Å². The summed E-state index contributed by atoms with van der Waals surface area (Å²) in [6.45, 7) is 6.26. The van der Waals surface area contributed by atoms with Gasteiger partial charge in [-0.25, -0.2) is 4.89 Å². The minimum absolute atomic E-state index is 0.226. The molecule has 0 saturated heterocycles. The lowest BCUT2D eigenvalue weighted by atomic mass is 9.91. The van der Waals surface area contributed by atoms with Crippen molar-refractivity contribution >= 4 is 0 Å². The summed E-state index contributed by atoms with van der Waals surface area (Å²) in [5.74, 6) is 0.534. The molecule has 12 heavy (non-hydrogen) atoms. The average molecular weight is 168 g/mol. The van der Waals surface area contributed by atoms with Gasteiger partial charge in [0.1, 0.15) is 6.10 Å². The van der Waals surface area contributed by atoms with E-state index in [9.17, 15) is 0 Å². The van der Waals surface area contributed by atoms with E-state index in [0.717, 1.165) is 12.0 Å². The van der Waals surface area contributed by atoms with Crippen molar-refractivity contribution in [3.63, 3.8) is 0 Å². The molecule has 2 heteroatoms. The number of hydrogen-bond donors (Lipinski definition) is 1. The molecular weight excluding hydrogens is 152 g/mol. The smallest absolute Gasteiger partial charge is 0.132 e. The van der Waals surface area contributed by atoms with Gasteiger partial charge in [0, 0.05) is 0 Å². The van der Waals surface area contributed by atoms with Gasteiger partial charge in [0.15, 0.2) is 0 Å². The molecule has 1 rings (SSSR count). The lowest BCUT2D eigenvalue weighted by Gasteiger charge is -2.20. The maximum absolute atomic E-state index is 8.58. The van der Waals surface area contributed by atoms with E-state index in [0.29, 0.717) is 5.92 Å². The van der Waals surface area contributed by atoms with Crippen molar-refractivity contribution in [2.24, 2.45) is 5.92 Å². The molecule has 0 amide bonds. The third kappa shape index (κ3) is 1.96. The second-order valence-electron chi connectivity index (χ2n) is 3.57. The van der Waals surface area contributed by atoms with Crippen LogP contribution in [0.1, 0.15) is 27.2 Å². The fourth-order valence-electron chi connectivity index (χ4n) is 1.33. The molecular formula is C10H16O2. The van der Waals surface area contributed by atoms with Crippen molar-refractivity contribution in [2.75, 3.05) is 0 Å². The average Bonchev–Trinajstić information content (AvgIpc) is 2.05. The van der Waals surface area contributed by atoms with E-state index in [1.165, 1.54) is 5.57 Å². The molecule has 0 bridgehead atoms. The lowest BCUT2D eigenvalue weighted by Crippen LogP contribution is -2.14. The fraction of sp³-hybridized carbons (Fsp3) is 0.600. The highest BCUT2D eigenvalue weighted by atomic mass is 17.1. The van der Waals surface area contributed by atoms with Gasteiger partial charge in [0.25, 0.3) is 0 Å². The summed E-state index contributed by atoms with van der Waals surface area (Å²) in [7, 11) is 0. The zero-order valence-electron chi connectivity index (χ0n) is 7.87. The summed E-state index contributed by atoms with van der Waals surface area (Å²) >= 11 is 0. The molecule has 68 valence electrons. The van der Waals surface area contributed by atoms with Crippen LogP contribution in [0.15, 0.2) is 23.3 Å². The molecule has 0 unspecified atom stereocenters. The maximum atomic E-state index is 8.58. The van der Waals surface area contributed by atoms with Crippen LogP contribution in [0.5, 0.6) is 0 Å². The lowest BCUT2D eigenvalue weighted by molar-refractivity contribution is -0.257. The molecule has 1 atom stereocenters. The number of allylic oxidation sites excluding steroid dienone is 2. The molecule has 0 aromatic heterocycles. The Kier molecular flexibility index (Phi) is 3.06. The Morgan fingerprint density at radius 3 is 2.75 bits per heavy atom. The molecule has 0 fully saturated rings. The van der Waals surface area contributed by atoms with E-state index in [1.807, 2.05) is 13.0 Å². The predicted octanol–water partition coefficient (Wildman–Crippen LogP) is 2.78. The van der Waals surface area contributed by atoms with Crippen molar-refractivity contribution in [1.82, 2.24) is 0 Å². The molecule has 0 heterocycles. The minimum atomic E-state index is -0.226. The largest absolute Gasteiger partial charge is 0.251 e. The van der Waals surface area contributed by atoms with Crippen molar-refractivity contribution in [2.45, 2.75) is 33.3 Å². The van der Waals surface area contributed by atoms with Crippen LogP contribution in [0, 0.1) is 5.92 Å². The molecule has 0 aromatic rings. The number of rotatable bonds is 2. The summed E-state index contributed by atoms with van der Waals surface area (Å²) in [5, 5.41) is 8.58. The summed E-state index contributed by atoms with van der Waals surface area (Å²) in [6.07, 6.45) is 4.87. The molecule has 0 radical (unpaired) electrons. The van der Waals surface area contributed by atoms with Gasteiger partial charge in [0.05, 0.1) is 0 Å². The summed E-state index contributed by atoms with van der Waals surface area (Å²) in [4.78, 5) is 4.34. The minimum Gasteiger partial charge on any atom is -0.251 e. The van der Waals surface area contributed by atoms with Crippen LogP contribution < -0.4 is 0 Å². The van der Waals surface area contributed by atoms with Gasteiger partial charge in [-0.2, -0.15) is 0 Å². The van der Waals surface area contributed by atoms with Crippen molar-refractivity contribution in [3.05, 3.63) is 23.3 Å². The Hall–Kier alpha value is -0.600. The first-order chi connectivity index (χ1) is 5.65. The van der Waals surface area contributed by atoms with Gasteiger partial charge in [-0.15, -0.1) is 0 Å². The van der Waals surface area contributed by atoms with Gasteiger partial charge in [0.2, 0.25) is 0 Å². The van der Waals surface area contributed by atoms with Crippen molar-refractivity contribution in [3.8, 4) is 0 Å². The highest BCUT2D eigenvalue weighted by Crippen LogP contribution is 2.24. The Labute approximate surface area is 73.5 Å².